The first-order valence-corrected chi connectivity index (χ1v) is 7.35. The van der Waals surface area contributed by atoms with Gasteiger partial charge in [-0.05, 0) is 18.1 Å². The summed E-state index contributed by atoms with van der Waals surface area (Å²) in [5.41, 5.74) is 0.794. The summed E-state index contributed by atoms with van der Waals surface area (Å²) in [6.45, 7) is 0. The van der Waals surface area contributed by atoms with E-state index in [1.54, 1.807) is 6.08 Å². The lowest BCUT2D eigenvalue weighted by molar-refractivity contribution is -0.140. The second-order valence-electron chi connectivity index (χ2n) is 3.87. The van der Waals surface area contributed by atoms with Crippen molar-refractivity contribution < 1.29 is 17.9 Å². The van der Waals surface area contributed by atoms with E-state index >= 15 is 0 Å². The highest BCUT2D eigenvalue weighted by molar-refractivity contribution is 7.94. The molecule has 0 fully saturated rings. The third-order valence-electron chi connectivity index (χ3n) is 2.41. The molecule has 0 N–H and O–H groups in total. The topological polar surface area (TPSA) is 60.4 Å². The van der Waals surface area contributed by atoms with E-state index in [0.29, 0.717) is 0 Å². The number of carbonyl (C=O) groups excluding carboxylic acids is 1. The van der Waals surface area contributed by atoms with E-state index < -0.39 is 15.8 Å². The van der Waals surface area contributed by atoms with Gasteiger partial charge in [-0.25, -0.2) is 8.42 Å². The summed E-state index contributed by atoms with van der Waals surface area (Å²) in [7, 11) is -2.03. The first kappa shape index (κ1) is 14.4. The Hall–Kier alpha value is -1.62. The molecule has 1 aromatic rings. The number of allylic oxidation sites excluding steroid dienone is 1. The zero-order chi connectivity index (χ0) is 13.6. The predicted molar refractivity (Wildman–Crippen MR) is 70.5 cm³/mol. The molecule has 0 radical (unpaired) electrons. The van der Waals surface area contributed by atoms with Crippen molar-refractivity contribution in [2.45, 2.75) is 12.8 Å². The van der Waals surface area contributed by atoms with E-state index in [0.717, 1.165) is 11.8 Å². The van der Waals surface area contributed by atoms with Crippen LogP contribution in [0.3, 0.4) is 0 Å². The van der Waals surface area contributed by atoms with E-state index in [4.69, 9.17) is 0 Å². The molecule has 0 spiro atoms. The van der Waals surface area contributed by atoms with Gasteiger partial charge in [-0.3, -0.25) is 4.79 Å². The minimum atomic E-state index is -3.31. The highest BCUT2D eigenvalue weighted by Crippen LogP contribution is 2.17. The molecule has 0 saturated heterocycles. The fourth-order valence-electron chi connectivity index (χ4n) is 1.43. The Morgan fingerprint density at radius 1 is 1.22 bits per heavy atom. The fourth-order valence-corrected chi connectivity index (χ4v) is 2.25. The van der Waals surface area contributed by atoms with Crippen molar-refractivity contribution in [2.75, 3.05) is 13.4 Å². The molecule has 98 valence electrons. The summed E-state index contributed by atoms with van der Waals surface area (Å²) < 4.78 is 27.7. The van der Waals surface area contributed by atoms with Crippen LogP contribution in [0.1, 0.15) is 18.4 Å². The van der Waals surface area contributed by atoms with Crippen molar-refractivity contribution in [1.82, 2.24) is 0 Å². The van der Waals surface area contributed by atoms with E-state index in [9.17, 15) is 13.2 Å². The average Bonchev–Trinajstić information content (AvgIpc) is 2.33. The maximum atomic E-state index is 11.6. The Morgan fingerprint density at radius 3 is 2.33 bits per heavy atom. The Labute approximate surface area is 107 Å². The van der Waals surface area contributed by atoms with Crippen LogP contribution in [0.2, 0.25) is 0 Å². The Morgan fingerprint density at radius 2 is 1.83 bits per heavy atom. The van der Waals surface area contributed by atoms with Crippen LogP contribution in [0, 0.1) is 0 Å². The van der Waals surface area contributed by atoms with Gasteiger partial charge in [0.25, 0.3) is 0 Å². The monoisotopic (exact) mass is 268 g/mol. The molecule has 4 nitrogen and oxygen atoms in total. The molecule has 0 saturated carbocycles. The molecule has 0 atom stereocenters. The Balaban J connectivity index is 2.93. The maximum absolute atomic E-state index is 11.6. The number of sulfone groups is 1. The molecular weight excluding hydrogens is 252 g/mol. The Bertz CT molecular complexity index is 529. The van der Waals surface area contributed by atoms with Crippen LogP contribution in [0.4, 0.5) is 0 Å². The molecule has 0 bridgehead atoms. The molecule has 18 heavy (non-hydrogen) atoms. The van der Waals surface area contributed by atoms with Crippen molar-refractivity contribution in [3.05, 3.63) is 40.8 Å². The van der Waals surface area contributed by atoms with Crippen molar-refractivity contribution in [3.63, 3.8) is 0 Å². The van der Waals surface area contributed by atoms with Crippen molar-refractivity contribution in [1.29, 1.82) is 0 Å². The van der Waals surface area contributed by atoms with Crippen molar-refractivity contribution >= 4 is 21.9 Å². The highest BCUT2D eigenvalue weighted by Gasteiger charge is 2.13. The molecule has 1 aromatic carbocycles. The standard InChI is InChI=1S/C13H16O4S/c1-17-13(14)9-8-12(18(2,15)16)10-11-6-4-3-5-7-11/h3-7,10H,8-9H2,1-2H3/b12-10-. The smallest absolute Gasteiger partial charge is 0.305 e. The molecule has 0 aliphatic carbocycles. The van der Waals surface area contributed by atoms with Gasteiger partial charge in [0, 0.05) is 11.2 Å². The quantitative estimate of drug-likeness (QED) is 0.767. The fraction of sp³-hybridized carbons (Fsp3) is 0.308. The first-order valence-electron chi connectivity index (χ1n) is 5.46. The summed E-state index contributed by atoms with van der Waals surface area (Å²) in [6, 6.07) is 9.12. The van der Waals surface area contributed by atoms with Crippen LogP contribution >= 0.6 is 0 Å². The van der Waals surface area contributed by atoms with Gasteiger partial charge in [0.15, 0.2) is 9.84 Å². The van der Waals surface area contributed by atoms with Gasteiger partial charge in [-0.2, -0.15) is 0 Å². The number of hydrogen-bond donors (Lipinski definition) is 0. The summed E-state index contributed by atoms with van der Waals surface area (Å²) >= 11 is 0. The van der Waals surface area contributed by atoms with Crippen molar-refractivity contribution in [3.8, 4) is 0 Å². The van der Waals surface area contributed by atoms with Crippen LogP contribution < -0.4 is 0 Å². The van der Waals surface area contributed by atoms with Gasteiger partial charge >= 0.3 is 5.97 Å². The van der Waals surface area contributed by atoms with E-state index in [-0.39, 0.29) is 17.7 Å². The molecule has 0 aliphatic heterocycles. The summed E-state index contributed by atoms with van der Waals surface area (Å²) in [5.74, 6) is -0.419. The lowest BCUT2D eigenvalue weighted by Crippen LogP contribution is -2.06. The largest absolute Gasteiger partial charge is 0.469 e. The summed E-state index contributed by atoms with van der Waals surface area (Å²) in [4.78, 5) is 11.3. The van der Waals surface area contributed by atoms with Crippen LogP contribution in [-0.2, 0) is 19.4 Å². The maximum Gasteiger partial charge on any atom is 0.305 e. The summed E-state index contributed by atoms with van der Waals surface area (Å²) in [5, 5.41) is 0. The van der Waals surface area contributed by atoms with E-state index in [2.05, 4.69) is 4.74 Å². The highest BCUT2D eigenvalue weighted by atomic mass is 32.2. The summed E-state index contributed by atoms with van der Waals surface area (Å²) in [6.07, 6.45) is 2.93. The molecular formula is C13H16O4S. The van der Waals surface area contributed by atoms with Crippen LogP contribution in [-0.4, -0.2) is 27.8 Å². The van der Waals surface area contributed by atoms with Crippen LogP contribution in [0.25, 0.3) is 6.08 Å². The van der Waals surface area contributed by atoms with E-state index in [1.807, 2.05) is 30.3 Å². The molecule has 0 unspecified atom stereocenters. The normalized spacial score (nSPS) is 12.2. The predicted octanol–water partition coefficient (Wildman–Crippen LogP) is 2.03. The minimum Gasteiger partial charge on any atom is -0.469 e. The lowest BCUT2D eigenvalue weighted by Gasteiger charge is -2.05. The molecule has 0 heterocycles. The van der Waals surface area contributed by atoms with E-state index in [1.165, 1.54) is 7.11 Å². The van der Waals surface area contributed by atoms with Crippen LogP contribution in [0.5, 0.6) is 0 Å². The van der Waals surface area contributed by atoms with Gasteiger partial charge in [-0.1, -0.05) is 30.3 Å². The second kappa shape index (κ2) is 6.35. The third kappa shape index (κ3) is 4.71. The number of carbonyl (C=O) groups is 1. The minimum absolute atomic E-state index is 0.0578. The van der Waals surface area contributed by atoms with Crippen LogP contribution in [0.15, 0.2) is 35.2 Å². The van der Waals surface area contributed by atoms with Gasteiger partial charge in [-0.15, -0.1) is 0 Å². The molecule has 0 aliphatic rings. The third-order valence-corrected chi connectivity index (χ3v) is 3.68. The van der Waals surface area contributed by atoms with Gasteiger partial charge < -0.3 is 4.74 Å². The first-order chi connectivity index (χ1) is 8.43. The average molecular weight is 268 g/mol. The zero-order valence-electron chi connectivity index (χ0n) is 10.4. The number of ether oxygens (including phenoxy) is 1. The molecule has 5 heteroatoms. The molecule has 0 aromatic heterocycles. The second-order valence-corrected chi connectivity index (χ2v) is 5.94. The van der Waals surface area contributed by atoms with Gasteiger partial charge in [0.1, 0.15) is 0 Å². The number of benzene rings is 1. The number of methoxy groups -OCH3 is 1. The number of esters is 1. The Kier molecular flexibility index (Phi) is 5.09. The zero-order valence-corrected chi connectivity index (χ0v) is 11.2. The van der Waals surface area contributed by atoms with Gasteiger partial charge in [0.2, 0.25) is 0 Å². The van der Waals surface area contributed by atoms with Gasteiger partial charge in [0.05, 0.1) is 13.5 Å². The van der Waals surface area contributed by atoms with Crippen molar-refractivity contribution in [2.24, 2.45) is 0 Å². The molecule has 1 rings (SSSR count). The number of rotatable bonds is 5. The number of hydrogen-bond acceptors (Lipinski definition) is 4. The molecule has 0 amide bonds. The lowest BCUT2D eigenvalue weighted by atomic mass is 10.2. The SMILES string of the molecule is COC(=O)CC/C(=C/c1ccccc1)S(C)(=O)=O.